The van der Waals surface area contributed by atoms with Crippen LogP contribution in [0.3, 0.4) is 0 Å². The molecule has 0 spiro atoms. The smallest absolute Gasteiger partial charge is 0.360 e. The number of hydrogen-bond donors (Lipinski definition) is 0. The summed E-state index contributed by atoms with van der Waals surface area (Å²) in [5.74, 6) is 1.34. The van der Waals surface area contributed by atoms with Crippen LogP contribution in [0.25, 0.3) is 0 Å². The first-order valence-electron chi connectivity index (χ1n) is 10.2. The summed E-state index contributed by atoms with van der Waals surface area (Å²) in [5.41, 5.74) is 0. The fraction of sp³-hybridized carbons (Fsp3) is 0.478. The number of hydrogen-bond acceptors (Lipinski definition) is 6. The zero-order valence-corrected chi connectivity index (χ0v) is 17.2. The summed E-state index contributed by atoms with van der Waals surface area (Å²) in [5, 5.41) is 0. The second kappa shape index (κ2) is 15.8. The Balaban J connectivity index is 1.58. The van der Waals surface area contributed by atoms with Crippen LogP contribution >= 0.6 is 0 Å². The van der Waals surface area contributed by atoms with Crippen molar-refractivity contribution >= 4 is 0 Å². The quantitative estimate of drug-likeness (QED) is 0.290. The minimum atomic E-state index is -0.861. The van der Waals surface area contributed by atoms with Gasteiger partial charge in [0, 0.05) is 6.61 Å². The van der Waals surface area contributed by atoms with E-state index in [4.69, 9.17) is 28.4 Å². The number of para-hydroxylation sites is 2. The van der Waals surface area contributed by atoms with Crippen molar-refractivity contribution in [1.82, 2.24) is 0 Å². The van der Waals surface area contributed by atoms with Crippen molar-refractivity contribution in [1.29, 1.82) is 0 Å². The van der Waals surface area contributed by atoms with Gasteiger partial charge in [0.15, 0.2) is 0 Å². The van der Waals surface area contributed by atoms with Gasteiger partial charge in [-0.25, -0.2) is 0 Å². The highest BCUT2D eigenvalue weighted by atomic mass is 16.8. The minimum absolute atomic E-state index is 0.338. The maximum atomic E-state index is 5.78. The van der Waals surface area contributed by atoms with E-state index in [1.807, 2.05) is 60.7 Å². The Morgan fingerprint density at radius 3 is 1.52 bits per heavy atom. The van der Waals surface area contributed by atoms with E-state index in [1.54, 1.807) is 0 Å². The first kappa shape index (κ1) is 23.2. The maximum absolute atomic E-state index is 5.78. The summed E-state index contributed by atoms with van der Waals surface area (Å²) in [4.78, 5) is 0. The van der Waals surface area contributed by atoms with Gasteiger partial charge < -0.3 is 28.4 Å². The molecule has 0 aliphatic heterocycles. The molecule has 0 aliphatic rings. The lowest BCUT2D eigenvalue weighted by atomic mass is 10.3. The third-order valence-corrected chi connectivity index (χ3v) is 3.82. The molecule has 0 atom stereocenters. The molecule has 6 heteroatoms. The molecule has 2 rings (SSSR count). The van der Waals surface area contributed by atoms with Crippen molar-refractivity contribution in [3.63, 3.8) is 0 Å². The topological polar surface area (TPSA) is 55.4 Å². The molecule has 0 aliphatic carbocycles. The third-order valence-electron chi connectivity index (χ3n) is 3.82. The molecule has 0 saturated heterocycles. The zero-order chi connectivity index (χ0) is 20.4. The zero-order valence-electron chi connectivity index (χ0n) is 17.2. The maximum Gasteiger partial charge on any atom is 0.360 e. The van der Waals surface area contributed by atoms with E-state index in [0.717, 1.165) is 19.4 Å². The van der Waals surface area contributed by atoms with Gasteiger partial charge in [0.05, 0.1) is 39.6 Å². The van der Waals surface area contributed by atoms with Crippen LogP contribution in [0.2, 0.25) is 0 Å². The molecule has 2 aromatic carbocycles. The Morgan fingerprint density at radius 1 is 0.586 bits per heavy atom. The monoisotopic (exact) mass is 404 g/mol. The predicted octanol–water partition coefficient (Wildman–Crippen LogP) is 4.29. The van der Waals surface area contributed by atoms with E-state index in [0.29, 0.717) is 51.1 Å². The van der Waals surface area contributed by atoms with Crippen LogP contribution in [0.1, 0.15) is 19.8 Å². The molecule has 0 amide bonds. The molecule has 0 saturated carbocycles. The number of benzene rings is 2. The average molecular weight is 405 g/mol. The van der Waals surface area contributed by atoms with Gasteiger partial charge in [-0.1, -0.05) is 49.7 Å². The van der Waals surface area contributed by atoms with Crippen LogP contribution in [-0.2, 0) is 18.9 Å². The third kappa shape index (κ3) is 11.5. The van der Waals surface area contributed by atoms with E-state index >= 15 is 0 Å². The molecule has 160 valence electrons. The molecule has 2 aromatic rings. The molecule has 29 heavy (non-hydrogen) atoms. The van der Waals surface area contributed by atoms with Crippen molar-refractivity contribution in [2.45, 2.75) is 26.2 Å². The fourth-order valence-electron chi connectivity index (χ4n) is 2.30. The van der Waals surface area contributed by atoms with Gasteiger partial charge in [0.1, 0.15) is 11.5 Å². The Morgan fingerprint density at radius 2 is 1.03 bits per heavy atom. The minimum Gasteiger partial charge on any atom is -0.432 e. The van der Waals surface area contributed by atoms with Crippen molar-refractivity contribution < 1.29 is 28.4 Å². The van der Waals surface area contributed by atoms with Crippen LogP contribution in [0.4, 0.5) is 0 Å². The molecule has 0 radical (unpaired) electrons. The van der Waals surface area contributed by atoms with Crippen LogP contribution < -0.4 is 9.47 Å². The Hall–Kier alpha value is -2.12. The Kier molecular flexibility index (Phi) is 12.6. The summed E-state index contributed by atoms with van der Waals surface area (Å²) >= 11 is 0. The van der Waals surface area contributed by atoms with Crippen molar-refractivity contribution in [2.24, 2.45) is 0 Å². The highest BCUT2D eigenvalue weighted by Crippen LogP contribution is 2.16. The van der Waals surface area contributed by atoms with Crippen LogP contribution in [-0.4, -0.2) is 52.7 Å². The molecule has 0 heterocycles. The number of rotatable bonds is 17. The summed E-state index contributed by atoms with van der Waals surface area (Å²) in [6, 6.07) is 18.8. The predicted molar refractivity (Wildman–Crippen MR) is 111 cm³/mol. The Bertz CT molecular complexity index is 566. The normalized spacial score (nSPS) is 11.0. The summed E-state index contributed by atoms with van der Waals surface area (Å²) in [6.45, 7) is 5.08. The van der Waals surface area contributed by atoms with E-state index in [-0.39, 0.29) is 0 Å². The lowest BCUT2D eigenvalue weighted by Crippen LogP contribution is -2.29. The standard InChI is InChI=1S/C23H32O6/c1-2-3-14-24-15-16-25-17-18-26-19-20-27-23(28-21-10-6-4-7-11-21)29-22-12-8-5-9-13-22/h4-13,23H,2-3,14-20H2,1H3. The Labute approximate surface area is 173 Å². The van der Waals surface area contributed by atoms with Gasteiger partial charge in [0.2, 0.25) is 0 Å². The molecule has 0 fully saturated rings. The van der Waals surface area contributed by atoms with Gasteiger partial charge >= 0.3 is 6.48 Å². The molecule has 0 N–H and O–H groups in total. The first-order valence-corrected chi connectivity index (χ1v) is 10.2. The van der Waals surface area contributed by atoms with Crippen molar-refractivity contribution in [3.8, 4) is 11.5 Å². The number of ether oxygens (including phenoxy) is 6. The average Bonchev–Trinajstić information content (AvgIpc) is 2.76. The SMILES string of the molecule is CCCCOCCOCCOCCOC(Oc1ccccc1)Oc1ccccc1. The van der Waals surface area contributed by atoms with Gasteiger partial charge in [-0.2, -0.15) is 0 Å². The van der Waals surface area contributed by atoms with Crippen molar-refractivity contribution in [2.75, 3.05) is 46.2 Å². The molecule has 0 bridgehead atoms. The van der Waals surface area contributed by atoms with Crippen LogP contribution in [0.15, 0.2) is 60.7 Å². The summed E-state index contributed by atoms with van der Waals surface area (Å²) in [7, 11) is 0. The van der Waals surface area contributed by atoms with Gasteiger partial charge in [-0.3, -0.25) is 0 Å². The second-order valence-electron chi connectivity index (χ2n) is 6.21. The van der Waals surface area contributed by atoms with E-state index < -0.39 is 6.48 Å². The molecular formula is C23H32O6. The van der Waals surface area contributed by atoms with E-state index in [1.165, 1.54) is 0 Å². The fourth-order valence-corrected chi connectivity index (χ4v) is 2.30. The largest absolute Gasteiger partial charge is 0.432 e. The summed E-state index contributed by atoms with van der Waals surface area (Å²) < 4.78 is 33.7. The summed E-state index contributed by atoms with van der Waals surface area (Å²) in [6.07, 6.45) is 2.23. The highest BCUT2D eigenvalue weighted by Gasteiger charge is 2.13. The molecule has 0 aromatic heterocycles. The van der Waals surface area contributed by atoms with Gasteiger partial charge in [-0.05, 0) is 30.7 Å². The van der Waals surface area contributed by atoms with Crippen molar-refractivity contribution in [3.05, 3.63) is 60.7 Å². The lowest BCUT2D eigenvalue weighted by molar-refractivity contribution is -0.204. The molecule has 6 nitrogen and oxygen atoms in total. The van der Waals surface area contributed by atoms with Crippen LogP contribution in [0, 0.1) is 0 Å². The van der Waals surface area contributed by atoms with Gasteiger partial charge in [-0.15, -0.1) is 0 Å². The van der Waals surface area contributed by atoms with Crippen LogP contribution in [0.5, 0.6) is 11.5 Å². The van der Waals surface area contributed by atoms with Gasteiger partial charge in [0.25, 0.3) is 0 Å². The number of unbranched alkanes of at least 4 members (excludes halogenated alkanes) is 1. The highest BCUT2D eigenvalue weighted by molar-refractivity contribution is 5.22. The van der Waals surface area contributed by atoms with E-state index in [9.17, 15) is 0 Å². The van der Waals surface area contributed by atoms with E-state index in [2.05, 4.69) is 6.92 Å². The molecular weight excluding hydrogens is 372 g/mol. The first-order chi connectivity index (χ1) is 14.4. The lowest BCUT2D eigenvalue weighted by Gasteiger charge is -2.20. The second-order valence-corrected chi connectivity index (χ2v) is 6.21. The molecule has 0 unspecified atom stereocenters.